The second-order valence-corrected chi connectivity index (χ2v) is 9.25. The molecule has 1 aliphatic rings. The Kier molecular flexibility index (Phi) is 6.24. The monoisotopic (exact) mass is 440 g/mol. The van der Waals surface area contributed by atoms with Crippen molar-refractivity contribution in [3.63, 3.8) is 0 Å². The quantitative estimate of drug-likeness (QED) is 0.605. The molecule has 8 heteroatoms. The zero-order chi connectivity index (χ0) is 21.1. The number of benzene rings is 1. The number of aromatic nitrogens is 2. The summed E-state index contributed by atoms with van der Waals surface area (Å²) in [6.07, 6.45) is 4.21. The number of amides is 2. The second-order valence-electron chi connectivity index (χ2n) is 7.66. The first-order chi connectivity index (χ1) is 14.5. The highest BCUT2D eigenvalue weighted by Crippen LogP contribution is 2.35. The number of thiophene rings is 1. The number of hydrogen-bond acceptors (Lipinski definition) is 6. The maximum absolute atomic E-state index is 13.6. The Balaban J connectivity index is 1.81. The molecule has 1 aromatic carbocycles. The topological polar surface area (TPSA) is 75.2 Å². The van der Waals surface area contributed by atoms with E-state index in [2.05, 4.69) is 14.9 Å². The third kappa shape index (κ3) is 4.29. The molecule has 1 N–H and O–H groups in total. The first kappa shape index (κ1) is 20.7. The van der Waals surface area contributed by atoms with Crippen LogP contribution in [0, 0.1) is 13.8 Å². The summed E-state index contributed by atoms with van der Waals surface area (Å²) in [7, 11) is 0. The average Bonchev–Trinajstić information content (AvgIpc) is 3.50. The van der Waals surface area contributed by atoms with Crippen LogP contribution in [0.25, 0.3) is 0 Å². The molecule has 2 heterocycles. The van der Waals surface area contributed by atoms with Gasteiger partial charge in [-0.2, -0.15) is 0 Å². The van der Waals surface area contributed by atoms with Gasteiger partial charge in [0.15, 0.2) is 11.7 Å². The molecule has 0 unspecified atom stereocenters. The van der Waals surface area contributed by atoms with Crippen LogP contribution in [-0.4, -0.2) is 27.4 Å². The Morgan fingerprint density at radius 3 is 2.67 bits per heavy atom. The van der Waals surface area contributed by atoms with E-state index in [4.69, 9.17) is 0 Å². The van der Waals surface area contributed by atoms with Crippen LogP contribution in [0.3, 0.4) is 0 Å². The number of carbonyl (C=O) groups is 2. The zero-order valence-electron chi connectivity index (χ0n) is 17.0. The summed E-state index contributed by atoms with van der Waals surface area (Å²) in [5, 5.41) is 10.7. The Morgan fingerprint density at radius 2 is 2.00 bits per heavy atom. The lowest BCUT2D eigenvalue weighted by atomic mass is 10.0. The SMILES string of the molecule is Cc1ccc(C)c(N(C(=O)c2csnn2)[C@@H](C(=O)NC2CCCC2)c2cccs2)c1. The van der Waals surface area contributed by atoms with Crippen molar-refractivity contribution >= 4 is 40.4 Å². The van der Waals surface area contributed by atoms with Gasteiger partial charge in [0, 0.05) is 22.0 Å². The van der Waals surface area contributed by atoms with E-state index in [0.717, 1.165) is 53.2 Å². The van der Waals surface area contributed by atoms with Gasteiger partial charge in [-0.3, -0.25) is 14.5 Å². The van der Waals surface area contributed by atoms with Crippen LogP contribution in [-0.2, 0) is 4.79 Å². The lowest BCUT2D eigenvalue weighted by molar-refractivity contribution is -0.123. The highest BCUT2D eigenvalue weighted by Gasteiger charge is 2.36. The highest BCUT2D eigenvalue weighted by atomic mass is 32.1. The van der Waals surface area contributed by atoms with Gasteiger partial charge in [0.1, 0.15) is 0 Å². The van der Waals surface area contributed by atoms with E-state index in [9.17, 15) is 9.59 Å². The van der Waals surface area contributed by atoms with Gasteiger partial charge in [-0.1, -0.05) is 35.5 Å². The van der Waals surface area contributed by atoms with E-state index < -0.39 is 6.04 Å². The van der Waals surface area contributed by atoms with Gasteiger partial charge >= 0.3 is 0 Å². The fourth-order valence-electron chi connectivity index (χ4n) is 3.90. The minimum absolute atomic E-state index is 0.151. The molecule has 1 atom stereocenters. The van der Waals surface area contributed by atoms with Crippen LogP contribution < -0.4 is 10.2 Å². The van der Waals surface area contributed by atoms with Gasteiger partial charge in [0.25, 0.3) is 5.91 Å². The maximum atomic E-state index is 13.6. The molecule has 0 bridgehead atoms. The van der Waals surface area contributed by atoms with Crippen molar-refractivity contribution in [3.05, 3.63) is 62.8 Å². The van der Waals surface area contributed by atoms with E-state index in [-0.39, 0.29) is 23.6 Å². The Bertz CT molecular complexity index is 1010. The third-order valence-electron chi connectivity index (χ3n) is 5.44. The van der Waals surface area contributed by atoms with E-state index >= 15 is 0 Å². The predicted octanol–water partition coefficient (Wildman–Crippen LogP) is 4.66. The van der Waals surface area contributed by atoms with Crippen LogP contribution in [0.4, 0.5) is 5.69 Å². The van der Waals surface area contributed by atoms with Crippen molar-refractivity contribution in [3.8, 4) is 0 Å². The molecule has 30 heavy (non-hydrogen) atoms. The van der Waals surface area contributed by atoms with Gasteiger partial charge in [0.05, 0.1) is 0 Å². The van der Waals surface area contributed by atoms with Crippen LogP contribution in [0.5, 0.6) is 0 Å². The van der Waals surface area contributed by atoms with Gasteiger partial charge < -0.3 is 5.32 Å². The Morgan fingerprint density at radius 1 is 1.20 bits per heavy atom. The smallest absolute Gasteiger partial charge is 0.280 e. The van der Waals surface area contributed by atoms with Crippen LogP contribution in [0.2, 0.25) is 0 Å². The van der Waals surface area contributed by atoms with Crippen LogP contribution >= 0.6 is 22.9 Å². The molecule has 0 radical (unpaired) electrons. The standard InChI is InChI=1S/C22H24N4O2S2/c1-14-9-10-15(2)18(12-14)26(22(28)17-13-30-25-24-17)20(19-8-5-11-29-19)21(27)23-16-6-3-4-7-16/h5,8-13,16,20H,3-4,6-7H2,1-2H3,(H,23,27)/t20-/m1/s1. The fourth-order valence-corrected chi connectivity index (χ4v) is 5.14. The molecule has 0 aliphatic heterocycles. The summed E-state index contributed by atoms with van der Waals surface area (Å²) in [6, 6.07) is 9.16. The van der Waals surface area contributed by atoms with Gasteiger partial charge in [-0.05, 0) is 66.9 Å². The molecule has 3 aromatic rings. The molecular formula is C22H24N4O2S2. The van der Waals surface area contributed by atoms with Gasteiger partial charge in [-0.25, -0.2) is 0 Å². The molecular weight excluding hydrogens is 416 g/mol. The Labute approximate surface area is 184 Å². The lowest BCUT2D eigenvalue weighted by Gasteiger charge is -2.32. The van der Waals surface area contributed by atoms with Crippen molar-refractivity contribution in [2.75, 3.05) is 4.90 Å². The summed E-state index contributed by atoms with van der Waals surface area (Å²) in [5.74, 6) is -0.473. The third-order valence-corrected chi connectivity index (χ3v) is 6.87. The van der Waals surface area contributed by atoms with E-state index in [1.54, 1.807) is 10.3 Å². The minimum atomic E-state index is -0.764. The number of aryl methyl sites for hydroxylation is 2. The number of nitrogens with zero attached hydrogens (tertiary/aromatic N) is 3. The van der Waals surface area contributed by atoms with Crippen molar-refractivity contribution in [1.82, 2.24) is 14.9 Å². The molecule has 2 amide bonds. The summed E-state index contributed by atoms with van der Waals surface area (Å²) in [4.78, 5) is 29.6. The van der Waals surface area contributed by atoms with Crippen molar-refractivity contribution in [2.45, 2.75) is 51.6 Å². The highest BCUT2D eigenvalue weighted by molar-refractivity contribution is 7.10. The molecule has 6 nitrogen and oxygen atoms in total. The normalized spacial score (nSPS) is 15.1. The van der Waals surface area contributed by atoms with Crippen molar-refractivity contribution in [1.29, 1.82) is 0 Å². The predicted molar refractivity (Wildman–Crippen MR) is 120 cm³/mol. The summed E-state index contributed by atoms with van der Waals surface area (Å²) in [5.41, 5.74) is 2.90. The maximum Gasteiger partial charge on any atom is 0.280 e. The zero-order valence-corrected chi connectivity index (χ0v) is 18.6. The second kappa shape index (κ2) is 9.06. The molecule has 156 valence electrons. The number of anilines is 1. The van der Waals surface area contributed by atoms with Crippen molar-refractivity contribution < 1.29 is 9.59 Å². The molecule has 1 aliphatic carbocycles. The average molecular weight is 441 g/mol. The number of nitrogens with one attached hydrogen (secondary N) is 1. The molecule has 4 rings (SSSR count). The molecule has 1 fully saturated rings. The van der Waals surface area contributed by atoms with Crippen LogP contribution in [0.1, 0.15) is 58.2 Å². The first-order valence-electron chi connectivity index (χ1n) is 10.1. The van der Waals surface area contributed by atoms with Crippen LogP contribution in [0.15, 0.2) is 41.1 Å². The lowest BCUT2D eigenvalue weighted by Crippen LogP contribution is -2.46. The van der Waals surface area contributed by atoms with Gasteiger partial charge in [-0.15, -0.1) is 16.4 Å². The molecule has 2 aromatic heterocycles. The molecule has 0 spiro atoms. The largest absolute Gasteiger partial charge is 0.351 e. The fraction of sp³-hybridized carbons (Fsp3) is 0.364. The van der Waals surface area contributed by atoms with E-state index in [1.807, 2.05) is 49.6 Å². The number of carbonyl (C=O) groups excluding carboxylic acids is 2. The van der Waals surface area contributed by atoms with Gasteiger partial charge in [0.2, 0.25) is 5.91 Å². The summed E-state index contributed by atoms with van der Waals surface area (Å²) in [6.45, 7) is 3.93. The molecule has 1 saturated carbocycles. The Hall–Kier alpha value is -2.58. The van der Waals surface area contributed by atoms with E-state index in [0.29, 0.717) is 5.69 Å². The number of hydrogen-bond donors (Lipinski definition) is 1. The number of rotatable bonds is 6. The van der Waals surface area contributed by atoms with E-state index in [1.165, 1.54) is 11.3 Å². The minimum Gasteiger partial charge on any atom is -0.351 e. The van der Waals surface area contributed by atoms with Crippen molar-refractivity contribution in [2.24, 2.45) is 0 Å². The molecule has 0 saturated heterocycles. The summed E-state index contributed by atoms with van der Waals surface area (Å²) < 4.78 is 3.86. The first-order valence-corrected chi connectivity index (χ1v) is 11.8. The summed E-state index contributed by atoms with van der Waals surface area (Å²) >= 11 is 2.60.